The van der Waals surface area contributed by atoms with Gasteiger partial charge in [0.25, 0.3) is 0 Å². The summed E-state index contributed by atoms with van der Waals surface area (Å²) in [4.78, 5) is 10.9. The van der Waals surface area contributed by atoms with Crippen LogP contribution in [0.1, 0.15) is 43.2 Å². The van der Waals surface area contributed by atoms with E-state index >= 15 is 0 Å². The largest absolute Gasteiger partial charge is 0.481 e. The number of carboxylic acid groups (broad SMARTS) is 1. The molecule has 1 aromatic carbocycles. The van der Waals surface area contributed by atoms with E-state index in [9.17, 15) is 4.79 Å². The maximum atomic E-state index is 10.9. The minimum Gasteiger partial charge on any atom is -0.481 e. The predicted molar refractivity (Wildman–Crippen MR) is 72.6 cm³/mol. The first-order valence-corrected chi connectivity index (χ1v) is 6.92. The van der Waals surface area contributed by atoms with E-state index < -0.39 is 5.97 Å². The Morgan fingerprint density at radius 1 is 1.28 bits per heavy atom. The lowest BCUT2D eigenvalue weighted by Crippen LogP contribution is -2.24. The van der Waals surface area contributed by atoms with Gasteiger partial charge in [-0.2, -0.15) is 0 Å². The number of hydrogen-bond donors (Lipinski definition) is 1. The van der Waals surface area contributed by atoms with Crippen LogP contribution in [-0.4, -0.2) is 11.1 Å². The Kier molecular flexibility index (Phi) is 4.40. The number of hydrogen-bond acceptors (Lipinski definition) is 1. The third-order valence-corrected chi connectivity index (χ3v) is 4.08. The smallest absolute Gasteiger partial charge is 0.303 e. The summed E-state index contributed by atoms with van der Waals surface area (Å²) in [6, 6.07) is 8.60. The summed E-state index contributed by atoms with van der Waals surface area (Å²) in [6.45, 7) is 2.11. The van der Waals surface area contributed by atoms with Crippen molar-refractivity contribution < 1.29 is 9.90 Å². The molecule has 98 valence electrons. The molecule has 2 heteroatoms. The Bertz CT molecular complexity index is 411. The van der Waals surface area contributed by atoms with Gasteiger partial charge in [-0.1, -0.05) is 42.7 Å². The number of carbonyl (C=O) groups is 1. The fourth-order valence-electron chi connectivity index (χ4n) is 3.19. The molecule has 1 saturated carbocycles. The van der Waals surface area contributed by atoms with Crippen LogP contribution in [0.3, 0.4) is 0 Å². The van der Waals surface area contributed by atoms with Crippen LogP contribution in [0.4, 0.5) is 0 Å². The summed E-state index contributed by atoms with van der Waals surface area (Å²) in [7, 11) is 0. The first kappa shape index (κ1) is 13.1. The Balaban J connectivity index is 2.03. The van der Waals surface area contributed by atoms with Gasteiger partial charge in [-0.3, -0.25) is 4.79 Å². The van der Waals surface area contributed by atoms with Crippen LogP contribution < -0.4 is 0 Å². The lowest BCUT2D eigenvalue weighted by Gasteiger charge is -2.30. The summed E-state index contributed by atoms with van der Waals surface area (Å²) >= 11 is 0. The van der Waals surface area contributed by atoms with E-state index in [1.807, 2.05) is 0 Å². The number of rotatable bonds is 4. The van der Waals surface area contributed by atoms with Crippen LogP contribution in [0.15, 0.2) is 24.3 Å². The zero-order chi connectivity index (χ0) is 13.0. The Morgan fingerprint density at radius 3 is 2.67 bits per heavy atom. The fourth-order valence-corrected chi connectivity index (χ4v) is 3.19. The number of aryl methyl sites for hydroxylation is 1. The SMILES string of the molecule is Cc1cccc(CC2CCCCC2CC(=O)O)c1. The highest BCUT2D eigenvalue weighted by Crippen LogP contribution is 2.34. The zero-order valence-electron chi connectivity index (χ0n) is 11.1. The van der Waals surface area contributed by atoms with Crippen molar-refractivity contribution in [3.8, 4) is 0 Å². The summed E-state index contributed by atoms with van der Waals surface area (Å²) in [5, 5.41) is 8.99. The molecule has 0 saturated heterocycles. The third-order valence-electron chi connectivity index (χ3n) is 4.08. The third kappa shape index (κ3) is 3.59. The van der Waals surface area contributed by atoms with Crippen molar-refractivity contribution in [1.29, 1.82) is 0 Å². The summed E-state index contributed by atoms with van der Waals surface area (Å²) in [5.41, 5.74) is 2.65. The Hall–Kier alpha value is -1.31. The Labute approximate surface area is 109 Å². The molecule has 0 aliphatic heterocycles. The van der Waals surface area contributed by atoms with Crippen molar-refractivity contribution in [2.75, 3.05) is 0 Å². The minimum absolute atomic E-state index is 0.344. The second-order valence-electron chi connectivity index (χ2n) is 5.60. The zero-order valence-corrected chi connectivity index (χ0v) is 11.1. The second-order valence-corrected chi connectivity index (χ2v) is 5.60. The molecule has 1 aliphatic carbocycles. The lowest BCUT2D eigenvalue weighted by atomic mass is 9.74. The van der Waals surface area contributed by atoms with Gasteiger partial charge in [-0.05, 0) is 43.6 Å². The first-order chi connectivity index (χ1) is 8.65. The monoisotopic (exact) mass is 246 g/mol. The molecule has 0 spiro atoms. The quantitative estimate of drug-likeness (QED) is 0.877. The summed E-state index contributed by atoms with van der Waals surface area (Å²) < 4.78 is 0. The van der Waals surface area contributed by atoms with Gasteiger partial charge in [0.05, 0.1) is 0 Å². The average Bonchev–Trinajstić information content (AvgIpc) is 2.31. The maximum absolute atomic E-state index is 10.9. The van der Waals surface area contributed by atoms with Crippen LogP contribution in [0.2, 0.25) is 0 Å². The summed E-state index contributed by atoms with van der Waals surface area (Å²) in [5.74, 6) is 0.282. The van der Waals surface area contributed by atoms with Gasteiger partial charge in [0.2, 0.25) is 0 Å². The van der Waals surface area contributed by atoms with Gasteiger partial charge in [-0.25, -0.2) is 0 Å². The predicted octanol–water partition coefficient (Wildman–Crippen LogP) is 3.82. The standard InChI is InChI=1S/C16H22O2/c1-12-5-4-6-13(9-12)10-14-7-2-3-8-15(14)11-16(17)18/h4-6,9,14-15H,2-3,7-8,10-11H2,1H3,(H,17,18). The van der Waals surface area contributed by atoms with Crippen molar-refractivity contribution in [3.63, 3.8) is 0 Å². The van der Waals surface area contributed by atoms with Gasteiger partial charge >= 0.3 is 5.97 Å². The highest BCUT2D eigenvalue weighted by Gasteiger charge is 2.27. The first-order valence-electron chi connectivity index (χ1n) is 6.92. The van der Waals surface area contributed by atoms with Crippen molar-refractivity contribution in [1.82, 2.24) is 0 Å². The van der Waals surface area contributed by atoms with Crippen LogP contribution >= 0.6 is 0 Å². The minimum atomic E-state index is -0.642. The highest BCUT2D eigenvalue weighted by atomic mass is 16.4. The van der Waals surface area contributed by atoms with E-state index in [1.54, 1.807) is 0 Å². The van der Waals surface area contributed by atoms with Gasteiger partial charge in [0.15, 0.2) is 0 Å². The molecule has 2 atom stereocenters. The molecular weight excluding hydrogens is 224 g/mol. The van der Waals surface area contributed by atoms with Gasteiger partial charge in [0, 0.05) is 6.42 Å². The molecule has 0 aromatic heterocycles. The lowest BCUT2D eigenvalue weighted by molar-refractivity contribution is -0.138. The second kappa shape index (κ2) is 6.03. The molecule has 1 fully saturated rings. The molecule has 1 N–H and O–H groups in total. The molecule has 2 unspecified atom stereocenters. The number of carboxylic acids is 1. The van der Waals surface area contributed by atoms with E-state index in [0.717, 1.165) is 12.8 Å². The number of aliphatic carboxylic acids is 1. The highest BCUT2D eigenvalue weighted by molar-refractivity contribution is 5.67. The van der Waals surface area contributed by atoms with E-state index in [4.69, 9.17) is 5.11 Å². The maximum Gasteiger partial charge on any atom is 0.303 e. The molecule has 0 radical (unpaired) electrons. The van der Waals surface area contributed by atoms with Crippen molar-refractivity contribution in [2.24, 2.45) is 11.8 Å². The molecular formula is C16H22O2. The van der Waals surface area contributed by atoms with Crippen molar-refractivity contribution in [2.45, 2.75) is 45.4 Å². The summed E-state index contributed by atoms with van der Waals surface area (Å²) in [6.07, 6.45) is 6.11. The molecule has 18 heavy (non-hydrogen) atoms. The molecule has 0 heterocycles. The van der Waals surface area contributed by atoms with Crippen molar-refractivity contribution in [3.05, 3.63) is 35.4 Å². The van der Waals surface area contributed by atoms with E-state index in [0.29, 0.717) is 18.3 Å². The fraction of sp³-hybridized carbons (Fsp3) is 0.562. The van der Waals surface area contributed by atoms with Gasteiger partial charge in [0.1, 0.15) is 0 Å². The normalized spacial score (nSPS) is 23.8. The van der Waals surface area contributed by atoms with E-state index in [2.05, 4.69) is 31.2 Å². The van der Waals surface area contributed by atoms with Crippen LogP contribution in [0, 0.1) is 18.8 Å². The van der Waals surface area contributed by atoms with Crippen LogP contribution in [0.25, 0.3) is 0 Å². The van der Waals surface area contributed by atoms with Crippen molar-refractivity contribution >= 4 is 5.97 Å². The molecule has 1 aliphatic rings. The van der Waals surface area contributed by atoms with Crippen LogP contribution in [0.5, 0.6) is 0 Å². The average molecular weight is 246 g/mol. The van der Waals surface area contributed by atoms with Gasteiger partial charge in [-0.15, -0.1) is 0 Å². The molecule has 1 aromatic rings. The van der Waals surface area contributed by atoms with Crippen LogP contribution in [-0.2, 0) is 11.2 Å². The number of benzene rings is 1. The molecule has 2 nitrogen and oxygen atoms in total. The molecule has 0 bridgehead atoms. The molecule has 0 amide bonds. The Morgan fingerprint density at radius 2 is 2.00 bits per heavy atom. The molecule has 2 rings (SSSR count). The van der Waals surface area contributed by atoms with Gasteiger partial charge < -0.3 is 5.11 Å². The van der Waals surface area contributed by atoms with E-state index in [-0.39, 0.29) is 0 Å². The van der Waals surface area contributed by atoms with E-state index in [1.165, 1.54) is 30.4 Å². The topological polar surface area (TPSA) is 37.3 Å².